The van der Waals surface area contributed by atoms with Crippen LogP contribution in [0.5, 0.6) is 0 Å². The summed E-state index contributed by atoms with van der Waals surface area (Å²) in [6.45, 7) is 1.14. The lowest BCUT2D eigenvalue weighted by Gasteiger charge is -2.44. The van der Waals surface area contributed by atoms with Crippen molar-refractivity contribution in [1.82, 2.24) is 4.72 Å². The van der Waals surface area contributed by atoms with Crippen molar-refractivity contribution in [2.24, 2.45) is 0 Å². The molecule has 0 aromatic carbocycles. The quantitative estimate of drug-likeness (QED) is 0.106. The molecule has 39 heavy (non-hydrogen) atoms. The van der Waals surface area contributed by atoms with Crippen LogP contribution in [0.4, 0.5) is 70.2 Å². The van der Waals surface area contributed by atoms with E-state index in [2.05, 4.69) is 11.3 Å². The Morgan fingerprint density at radius 1 is 0.744 bits per heavy atom. The molecule has 0 aromatic heterocycles. The molecule has 0 radical (unpaired) electrons. The number of alkyl halides is 16. The maximum atomic E-state index is 15.2. The van der Waals surface area contributed by atoms with Gasteiger partial charge in [-0.3, -0.25) is 0 Å². The molecule has 5 nitrogen and oxygen atoms in total. The molecule has 1 N–H and O–H groups in total. The van der Waals surface area contributed by atoms with Gasteiger partial charge < -0.3 is 4.74 Å². The highest BCUT2D eigenvalue weighted by molar-refractivity contribution is 7.90. The summed E-state index contributed by atoms with van der Waals surface area (Å²) in [6, 6.07) is 0. The van der Waals surface area contributed by atoms with E-state index >= 15 is 4.39 Å². The molecule has 1 unspecified atom stereocenters. The number of unbranched alkanes of at least 4 members (excludes halogenated alkanes) is 1. The van der Waals surface area contributed by atoms with Crippen LogP contribution >= 0.6 is 0 Å². The highest BCUT2D eigenvalue weighted by atomic mass is 32.2. The number of rotatable bonds is 15. The first kappa shape index (κ1) is 37.0. The number of ether oxygens (including phenoxy) is 1. The summed E-state index contributed by atoms with van der Waals surface area (Å²) in [6.07, 6.45) is -11.7. The molecule has 0 spiro atoms. The fourth-order valence-electron chi connectivity index (χ4n) is 2.57. The number of carbonyl (C=O) groups excluding carboxylic acids is 1. The van der Waals surface area contributed by atoms with E-state index in [1.165, 1.54) is 0 Å². The van der Waals surface area contributed by atoms with Gasteiger partial charge in [-0.1, -0.05) is 19.9 Å². The average molecular weight is 635 g/mol. The van der Waals surface area contributed by atoms with Crippen molar-refractivity contribution in [3.63, 3.8) is 0 Å². The largest absolute Gasteiger partial charge is 0.461 e. The zero-order valence-corrected chi connectivity index (χ0v) is 19.7. The van der Waals surface area contributed by atoms with E-state index in [0.717, 1.165) is 11.6 Å². The first-order valence-electron chi connectivity index (χ1n) is 9.82. The fourth-order valence-corrected chi connectivity index (χ4v) is 4.03. The average Bonchev–Trinajstić information content (AvgIpc) is 2.78. The highest BCUT2D eigenvalue weighted by Crippen LogP contribution is 2.64. The predicted octanol–water partition coefficient (Wildman–Crippen LogP) is 5.87. The summed E-state index contributed by atoms with van der Waals surface area (Å²) in [7, 11) is -6.79. The van der Waals surface area contributed by atoms with Gasteiger partial charge >= 0.3 is 47.7 Å². The summed E-state index contributed by atoms with van der Waals surface area (Å²) in [5.74, 6) is -51.6. The highest BCUT2D eigenvalue weighted by Gasteiger charge is 2.95. The second-order valence-electron chi connectivity index (χ2n) is 7.55. The second kappa shape index (κ2) is 11.1. The molecule has 0 aliphatic carbocycles. The third-order valence-corrected chi connectivity index (χ3v) is 6.78. The minimum Gasteiger partial charge on any atom is -0.461 e. The van der Waals surface area contributed by atoms with E-state index in [4.69, 9.17) is 0 Å². The van der Waals surface area contributed by atoms with Crippen molar-refractivity contribution >= 4 is 16.0 Å². The number of nitrogens with one attached hydrogen (secondary N) is 1. The van der Waals surface area contributed by atoms with Crippen molar-refractivity contribution in [3.05, 3.63) is 12.7 Å². The van der Waals surface area contributed by atoms with Crippen LogP contribution in [0.1, 0.15) is 26.2 Å². The van der Waals surface area contributed by atoms with E-state index in [1.54, 1.807) is 0 Å². The maximum absolute atomic E-state index is 15.2. The van der Waals surface area contributed by atoms with Crippen molar-refractivity contribution in [2.75, 3.05) is 13.2 Å². The van der Waals surface area contributed by atoms with Crippen LogP contribution in [-0.4, -0.2) is 74.3 Å². The van der Waals surface area contributed by atoms with E-state index in [1.807, 2.05) is 0 Å². The Morgan fingerprint density at radius 3 is 1.49 bits per heavy atom. The normalized spacial score (nSPS) is 16.5. The molecule has 0 rings (SSSR count). The number of hydrogen-bond donors (Lipinski definition) is 1. The van der Waals surface area contributed by atoms with Crippen molar-refractivity contribution in [1.29, 1.82) is 0 Å². The van der Waals surface area contributed by atoms with Crippen molar-refractivity contribution in [2.45, 2.75) is 72.9 Å². The fraction of sp³-hybridized carbons (Fsp3) is 0.824. The van der Waals surface area contributed by atoms with Crippen LogP contribution in [0.15, 0.2) is 12.7 Å². The standard InChI is InChI=1S/C17H17F16NO4S/c1-3-5-6-10(18,39(36,37)34-7-8-38-9(35)4-2)11(19,20)12(21,22)13(23,24)14(25,26)15(27,28)16(29,30)17(31,32)33/h4,34H,2-3,5-8H2,1H3. The van der Waals surface area contributed by atoms with Crippen molar-refractivity contribution < 1.29 is 88.2 Å². The molecule has 0 bridgehead atoms. The Bertz CT molecular complexity index is 995. The van der Waals surface area contributed by atoms with Crippen LogP contribution in [-0.2, 0) is 19.6 Å². The predicted molar refractivity (Wildman–Crippen MR) is 97.2 cm³/mol. The SMILES string of the molecule is C=CC(=O)OCCNS(=O)(=O)C(F)(CCCC)C(F)(F)C(F)(F)C(F)(F)C(F)(F)C(F)(F)C(F)(F)C(F)(F)F. The number of halogens is 16. The van der Waals surface area contributed by atoms with Gasteiger partial charge in [0.05, 0.1) is 0 Å². The Hall–Kier alpha value is -2.00. The van der Waals surface area contributed by atoms with E-state index < -0.39 is 95.1 Å². The van der Waals surface area contributed by atoms with Gasteiger partial charge in [-0.05, 0) is 6.42 Å². The zero-order chi connectivity index (χ0) is 31.7. The summed E-state index contributed by atoms with van der Waals surface area (Å²) < 4.78 is 246. The first-order chi connectivity index (χ1) is 17.0. The summed E-state index contributed by atoms with van der Waals surface area (Å²) in [5, 5.41) is -6.12. The van der Waals surface area contributed by atoms with Gasteiger partial charge in [0.2, 0.25) is 0 Å². The first-order valence-corrected chi connectivity index (χ1v) is 11.3. The summed E-state index contributed by atoms with van der Waals surface area (Å²) in [5.41, 5.74) is 0. The van der Waals surface area contributed by atoms with E-state index in [0.29, 0.717) is 6.08 Å². The van der Waals surface area contributed by atoms with Crippen LogP contribution in [0, 0.1) is 0 Å². The minimum atomic E-state index is -8.71. The van der Waals surface area contributed by atoms with Gasteiger partial charge in [-0.2, -0.15) is 65.9 Å². The summed E-state index contributed by atoms with van der Waals surface area (Å²) >= 11 is 0. The van der Waals surface area contributed by atoms with Gasteiger partial charge in [-0.25, -0.2) is 22.3 Å². The molecule has 0 fully saturated rings. The number of esters is 1. The molecule has 0 saturated heterocycles. The molecular weight excluding hydrogens is 618 g/mol. The molecule has 0 aliphatic rings. The Morgan fingerprint density at radius 2 is 1.13 bits per heavy atom. The Kier molecular flexibility index (Phi) is 10.5. The molecule has 1 atom stereocenters. The molecule has 0 saturated carbocycles. The lowest BCUT2D eigenvalue weighted by molar-refractivity contribution is -0.455. The van der Waals surface area contributed by atoms with Crippen LogP contribution in [0.2, 0.25) is 0 Å². The molecule has 232 valence electrons. The third kappa shape index (κ3) is 5.76. The Labute approximate surface area is 208 Å². The minimum absolute atomic E-state index is 0.449. The lowest BCUT2D eigenvalue weighted by Crippen LogP contribution is -2.75. The van der Waals surface area contributed by atoms with Gasteiger partial charge in [0.15, 0.2) is 0 Å². The molecule has 0 amide bonds. The monoisotopic (exact) mass is 635 g/mol. The molecule has 0 heterocycles. The van der Waals surface area contributed by atoms with Crippen molar-refractivity contribution in [3.8, 4) is 0 Å². The maximum Gasteiger partial charge on any atom is 0.460 e. The second-order valence-corrected chi connectivity index (χ2v) is 9.49. The zero-order valence-electron chi connectivity index (χ0n) is 18.9. The van der Waals surface area contributed by atoms with Gasteiger partial charge in [0, 0.05) is 19.0 Å². The van der Waals surface area contributed by atoms with Crippen LogP contribution in [0.3, 0.4) is 0 Å². The molecular formula is C17H17F16NO4S. The molecule has 22 heteroatoms. The lowest BCUT2D eigenvalue weighted by atomic mass is 9.88. The van der Waals surface area contributed by atoms with Gasteiger partial charge in [0.25, 0.3) is 15.0 Å². The molecule has 0 aliphatic heterocycles. The summed E-state index contributed by atoms with van der Waals surface area (Å²) in [4.78, 5) is 10.8. The van der Waals surface area contributed by atoms with Gasteiger partial charge in [0.1, 0.15) is 6.61 Å². The van der Waals surface area contributed by atoms with E-state index in [9.17, 15) is 79.1 Å². The van der Waals surface area contributed by atoms with Crippen LogP contribution in [0.25, 0.3) is 0 Å². The number of hydrogen-bond acceptors (Lipinski definition) is 4. The van der Waals surface area contributed by atoms with Gasteiger partial charge in [-0.15, -0.1) is 0 Å². The topological polar surface area (TPSA) is 72.5 Å². The molecule has 0 aromatic rings. The third-order valence-electron chi connectivity index (χ3n) is 4.88. The van der Waals surface area contributed by atoms with E-state index in [-0.39, 0.29) is 0 Å². The smallest absolute Gasteiger partial charge is 0.460 e. The number of sulfonamides is 1. The Balaban J connectivity index is 6.92. The number of carbonyl (C=O) groups is 1. The van der Waals surface area contributed by atoms with Crippen LogP contribution < -0.4 is 4.72 Å².